The molecule has 0 bridgehead atoms. The summed E-state index contributed by atoms with van der Waals surface area (Å²) in [6.07, 6.45) is 9.06. The molecule has 5 rings (SSSR count). The topological polar surface area (TPSA) is 49.7 Å². The van der Waals surface area contributed by atoms with Crippen LogP contribution in [0.25, 0.3) is 0 Å². The third-order valence-electron chi connectivity index (χ3n) is 6.43. The third-order valence-corrected chi connectivity index (χ3v) is 6.43. The lowest BCUT2D eigenvalue weighted by molar-refractivity contribution is 0.0384. The van der Waals surface area contributed by atoms with E-state index in [-0.39, 0.29) is 0 Å². The van der Waals surface area contributed by atoms with Gasteiger partial charge in [0.1, 0.15) is 6.79 Å². The molecule has 0 aromatic rings. The zero-order valence-corrected chi connectivity index (χ0v) is 14.3. The fraction of sp³-hybridized carbons (Fsp3) is 0.889. The number of aliphatic imine (C=N–C) groups is 2. The molecule has 0 aromatic heterocycles. The molecule has 4 unspecified atom stereocenters. The average molecular weight is 332 g/mol. The Morgan fingerprint density at radius 2 is 1.79 bits per heavy atom. The van der Waals surface area contributed by atoms with Crippen LogP contribution in [0.2, 0.25) is 0 Å². The molecule has 3 aliphatic heterocycles. The maximum Gasteiger partial charge on any atom is 0.220 e. The van der Waals surface area contributed by atoms with Crippen molar-refractivity contribution in [2.45, 2.75) is 50.4 Å². The first-order valence-electron chi connectivity index (χ1n) is 9.67. The summed E-state index contributed by atoms with van der Waals surface area (Å²) in [7, 11) is 0. The Hall–Kier alpha value is -0.980. The Labute approximate surface area is 143 Å². The lowest BCUT2D eigenvalue weighted by Gasteiger charge is -2.37. The predicted molar refractivity (Wildman–Crippen MR) is 92.4 cm³/mol. The highest BCUT2D eigenvalue weighted by molar-refractivity contribution is 5.90. The first kappa shape index (κ1) is 15.3. The van der Waals surface area contributed by atoms with Gasteiger partial charge in [0, 0.05) is 44.4 Å². The first-order chi connectivity index (χ1) is 11.9. The molecule has 5 aliphatic rings. The second-order valence-electron chi connectivity index (χ2n) is 7.94. The number of nitrogens with zero attached hydrogens (tertiary/aromatic N) is 4. The average Bonchev–Trinajstić information content (AvgIpc) is 3.39. The van der Waals surface area contributed by atoms with Crippen molar-refractivity contribution in [3.8, 4) is 0 Å². The van der Waals surface area contributed by atoms with Gasteiger partial charge in [-0.05, 0) is 38.0 Å². The molecule has 0 radical (unpaired) electrons. The van der Waals surface area contributed by atoms with Crippen LogP contribution in [0.15, 0.2) is 9.98 Å². The van der Waals surface area contributed by atoms with Crippen LogP contribution in [0.5, 0.6) is 0 Å². The molecule has 2 saturated heterocycles. The van der Waals surface area contributed by atoms with Gasteiger partial charge in [-0.15, -0.1) is 0 Å². The third kappa shape index (κ3) is 3.00. The molecule has 24 heavy (non-hydrogen) atoms. The monoisotopic (exact) mass is 332 g/mol. The van der Waals surface area contributed by atoms with Crippen molar-refractivity contribution in [1.29, 1.82) is 0 Å². The molecule has 2 aliphatic carbocycles. The summed E-state index contributed by atoms with van der Waals surface area (Å²) in [6, 6.07) is 0.880. The predicted octanol–water partition coefficient (Wildman–Crippen LogP) is 1.36. The Kier molecular flexibility index (Phi) is 4.07. The second kappa shape index (κ2) is 6.39. The van der Waals surface area contributed by atoms with E-state index in [1.807, 2.05) is 0 Å². The van der Waals surface area contributed by atoms with Gasteiger partial charge in [0.25, 0.3) is 0 Å². The quantitative estimate of drug-likeness (QED) is 0.766. The summed E-state index contributed by atoms with van der Waals surface area (Å²) in [5.41, 5.74) is 0. The maximum atomic E-state index is 5.71. The number of ether oxygens (including phenoxy) is 2. The number of hydrogen-bond donors (Lipinski definition) is 0. The molecule has 0 N–H and O–H groups in total. The van der Waals surface area contributed by atoms with Crippen LogP contribution in [0.1, 0.15) is 32.1 Å². The van der Waals surface area contributed by atoms with Crippen molar-refractivity contribution in [2.24, 2.45) is 21.8 Å². The van der Waals surface area contributed by atoms with Crippen LogP contribution in [-0.2, 0) is 9.47 Å². The van der Waals surface area contributed by atoms with E-state index in [1.54, 1.807) is 0 Å². The molecule has 0 spiro atoms. The molecule has 132 valence electrons. The molecule has 6 nitrogen and oxygen atoms in total. The molecule has 0 aromatic carbocycles. The van der Waals surface area contributed by atoms with Crippen LogP contribution in [0.3, 0.4) is 0 Å². The molecule has 4 atom stereocenters. The van der Waals surface area contributed by atoms with Gasteiger partial charge in [-0.3, -0.25) is 9.89 Å². The minimum Gasteiger partial charge on any atom is -0.349 e. The van der Waals surface area contributed by atoms with Crippen molar-refractivity contribution in [1.82, 2.24) is 9.80 Å². The fourth-order valence-electron chi connectivity index (χ4n) is 4.72. The van der Waals surface area contributed by atoms with Gasteiger partial charge in [-0.1, -0.05) is 0 Å². The maximum absolute atomic E-state index is 5.71. The van der Waals surface area contributed by atoms with Crippen molar-refractivity contribution >= 4 is 12.2 Å². The normalized spacial score (nSPS) is 40.5. The standard InChI is InChI=1S/C18H28N4O2/c1-4-16-17(24-12-23-16)9-13(1)14-10-19-18(20-11-14)22-7-5-21(6-8-22)15-2-3-15/h10,13-17H,1-9,11-12H2. The smallest absolute Gasteiger partial charge is 0.220 e. The van der Waals surface area contributed by atoms with Crippen LogP contribution in [0, 0.1) is 11.8 Å². The fourth-order valence-corrected chi connectivity index (χ4v) is 4.72. The molecule has 6 heteroatoms. The Balaban J connectivity index is 1.14. The van der Waals surface area contributed by atoms with E-state index in [9.17, 15) is 0 Å². The Morgan fingerprint density at radius 1 is 0.958 bits per heavy atom. The van der Waals surface area contributed by atoms with Gasteiger partial charge in [0.05, 0.1) is 18.8 Å². The number of guanidine groups is 1. The number of hydrogen-bond acceptors (Lipinski definition) is 6. The molecular weight excluding hydrogens is 304 g/mol. The second-order valence-corrected chi connectivity index (χ2v) is 7.94. The lowest BCUT2D eigenvalue weighted by Crippen LogP contribution is -2.49. The number of piperazine rings is 1. The summed E-state index contributed by atoms with van der Waals surface area (Å²) < 4.78 is 11.3. The summed E-state index contributed by atoms with van der Waals surface area (Å²) in [5.74, 6) is 2.09. The van der Waals surface area contributed by atoms with Gasteiger partial charge in [-0.2, -0.15) is 0 Å². The summed E-state index contributed by atoms with van der Waals surface area (Å²) in [4.78, 5) is 14.6. The number of fused-ring (bicyclic) bond motifs is 1. The van der Waals surface area contributed by atoms with E-state index in [0.717, 1.165) is 44.5 Å². The van der Waals surface area contributed by atoms with E-state index in [4.69, 9.17) is 19.5 Å². The zero-order valence-electron chi connectivity index (χ0n) is 14.3. The van der Waals surface area contributed by atoms with Gasteiger partial charge >= 0.3 is 0 Å². The largest absolute Gasteiger partial charge is 0.349 e. The highest BCUT2D eigenvalue weighted by Crippen LogP contribution is 2.36. The van der Waals surface area contributed by atoms with Gasteiger partial charge < -0.3 is 14.4 Å². The van der Waals surface area contributed by atoms with Crippen LogP contribution < -0.4 is 0 Å². The minimum atomic E-state index is 0.304. The van der Waals surface area contributed by atoms with Crippen molar-refractivity contribution in [3.63, 3.8) is 0 Å². The van der Waals surface area contributed by atoms with Crippen LogP contribution >= 0.6 is 0 Å². The highest BCUT2D eigenvalue weighted by atomic mass is 16.7. The summed E-state index contributed by atoms with van der Waals surface area (Å²) in [5, 5.41) is 0. The van der Waals surface area contributed by atoms with E-state index in [2.05, 4.69) is 16.0 Å². The van der Waals surface area contributed by atoms with Crippen molar-refractivity contribution in [2.75, 3.05) is 39.5 Å². The lowest BCUT2D eigenvalue weighted by atomic mass is 9.78. The molecule has 2 saturated carbocycles. The van der Waals surface area contributed by atoms with Crippen molar-refractivity contribution < 1.29 is 9.47 Å². The Bertz CT molecular complexity index is 525. The SMILES string of the molecule is C1=NC(N2CCN(C3CC3)CC2)=NCC1C1CCC2OCOC2C1. The van der Waals surface area contributed by atoms with Crippen LogP contribution in [-0.4, -0.2) is 79.7 Å². The summed E-state index contributed by atoms with van der Waals surface area (Å²) in [6.45, 7) is 5.88. The van der Waals surface area contributed by atoms with Gasteiger partial charge in [0.15, 0.2) is 0 Å². The van der Waals surface area contributed by atoms with E-state index in [0.29, 0.717) is 30.8 Å². The van der Waals surface area contributed by atoms with Crippen molar-refractivity contribution in [3.05, 3.63) is 0 Å². The van der Waals surface area contributed by atoms with Crippen LogP contribution in [0.4, 0.5) is 0 Å². The first-order valence-corrected chi connectivity index (χ1v) is 9.67. The van der Waals surface area contributed by atoms with E-state index in [1.165, 1.54) is 32.4 Å². The zero-order chi connectivity index (χ0) is 15.9. The number of rotatable bonds is 2. The summed E-state index contributed by atoms with van der Waals surface area (Å²) >= 11 is 0. The minimum absolute atomic E-state index is 0.304. The van der Waals surface area contributed by atoms with Gasteiger partial charge in [0.2, 0.25) is 5.96 Å². The van der Waals surface area contributed by atoms with Gasteiger partial charge in [-0.25, -0.2) is 4.99 Å². The highest BCUT2D eigenvalue weighted by Gasteiger charge is 2.39. The van der Waals surface area contributed by atoms with E-state index >= 15 is 0 Å². The molecule has 3 heterocycles. The molecule has 4 fully saturated rings. The Morgan fingerprint density at radius 3 is 2.54 bits per heavy atom. The molecular formula is C18H28N4O2. The molecule has 0 amide bonds. The van der Waals surface area contributed by atoms with E-state index < -0.39 is 0 Å².